The van der Waals surface area contributed by atoms with Crippen LogP contribution in [0.3, 0.4) is 0 Å². The fourth-order valence-electron chi connectivity index (χ4n) is 4.20. The van der Waals surface area contributed by atoms with Gasteiger partial charge in [0.25, 0.3) is 0 Å². The van der Waals surface area contributed by atoms with E-state index in [0.29, 0.717) is 17.9 Å². The number of hydrogen-bond donors (Lipinski definition) is 1. The Morgan fingerprint density at radius 3 is 2.24 bits per heavy atom. The van der Waals surface area contributed by atoms with Crippen molar-refractivity contribution in [3.8, 4) is 0 Å². The summed E-state index contributed by atoms with van der Waals surface area (Å²) >= 11 is 0. The van der Waals surface area contributed by atoms with Gasteiger partial charge in [-0.3, -0.25) is 10.1 Å². The van der Waals surface area contributed by atoms with Gasteiger partial charge in [-0.05, 0) is 43.9 Å². The van der Waals surface area contributed by atoms with Gasteiger partial charge in [0.05, 0.1) is 12.2 Å². The van der Waals surface area contributed by atoms with Crippen molar-refractivity contribution in [2.45, 2.75) is 97.3 Å². The van der Waals surface area contributed by atoms with Crippen LogP contribution < -0.4 is 5.32 Å². The van der Waals surface area contributed by atoms with Crippen molar-refractivity contribution < 1.29 is 4.79 Å². The molecule has 0 radical (unpaired) electrons. The molecule has 1 aliphatic carbocycles. The Morgan fingerprint density at radius 1 is 1.10 bits per heavy atom. The second kappa shape index (κ2) is 7.62. The Labute approximate surface area is 130 Å². The third-order valence-corrected chi connectivity index (χ3v) is 5.36. The van der Waals surface area contributed by atoms with Crippen LogP contribution in [-0.2, 0) is 4.79 Å². The summed E-state index contributed by atoms with van der Waals surface area (Å²) in [6.45, 7) is 8.80. The van der Waals surface area contributed by atoms with Crippen LogP contribution >= 0.6 is 0 Å². The van der Waals surface area contributed by atoms with E-state index in [1.807, 2.05) is 0 Å². The number of carbonyl (C=O) groups excluding carboxylic acids is 1. The van der Waals surface area contributed by atoms with Crippen molar-refractivity contribution in [1.82, 2.24) is 10.2 Å². The molecule has 0 spiro atoms. The topological polar surface area (TPSA) is 32.3 Å². The zero-order chi connectivity index (χ0) is 15.4. The number of hydrogen-bond acceptors (Lipinski definition) is 2. The van der Waals surface area contributed by atoms with E-state index in [4.69, 9.17) is 0 Å². The van der Waals surface area contributed by atoms with Gasteiger partial charge in [-0.2, -0.15) is 0 Å². The van der Waals surface area contributed by atoms with E-state index in [2.05, 4.69) is 37.9 Å². The standard InChI is InChI=1S/C18H34N2O/c1-5-7-14-9-11-15(12-10-14)20-16(8-6-2)19-17(13(3)4)18(20)21/h13-17,19H,5-12H2,1-4H3. The largest absolute Gasteiger partial charge is 0.323 e. The van der Waals surface area contributed by atoms with Crippen LogP contribution in [0.25, 0.3) is 0 Å². The SMILES string of the molecule is CCCC1CCC(N2C(=O)C(C(C)C)NC2CCC)CC1. The van der Waals surface area contributed by atoms with Gasteiger partial charge in [-0.1, -0.05) is 47.0 Å². The fourth-order valence-corrected chi connectivity index (χ4v) is 4.20. The summed E-state index contributed by atoms with van der Waals surface area (Å²) in [4.78, 5) is 15.0. The van der Waals surface area contributed by atoms with E-state index >= 15 is 0 Å². The van der Waals surface area contributed by atoms with Gasteiger partial charge in [0.15, 0.2) is 0 Å². The molecule has 3 heteroatoms. The molecule has 1 saturated heterocycles. The summed E-state index contributed by atoms with van der Waals surface area (Å²) < 4.78 is 0. The third-order valence-electron chi connectivity index (χ3n) is 5.36. The van der Waals surface area contributed by atoms with Crippen molar-refractivity contribution in [2.75, 3.05) is 0 Å². The second-order valence-corrected chi connectivity index (χ2v) is 7.40. The van der Waals surface area contributed by atoms with Gasteiger partial charge in [-0.15, -0.1) is 0 Å². The van der Waals surface area contributed by atoms with E-state index < -0.39 is 0 Å². The molecular weight excluding hydrogens is 260 g/mol. The maximum Gasteiger partial charge on any atom is 0.241 e. The summed E-state index contributed by atoms with van der Waals surface area (Å²) in [5.74, 6) is 1.66. The number of carbonyl (C=O) groups is 1. The van der Waals surface area contributed by atoms with Crippen molar-refractivity contribution in [1.29, 1.82) is 0 Å². The number of nitrogens with zero attached hydrogens (tertiary/aromatic N) is 1. The second-order valence-electron chi connectivity index (χ2n) is 7.40. The maximum absolute atomic E-state index is 12.8. The Hall–Kier alpha value is -0.570. The first-order valence-electron chi connectivity index (χ1n) is 9.16. The highest BCUT2D eigenvalue weighted by Crippen LogP contribution is 2.34. The molecule has 3 nitrogen and oxygen atoms in total. The molecule has 122 valence electrons. The first-order chi connectivity index (χ1) is 10.1. The Morgan fingerprint density at radius 2 is 1.71 bits per heavy atom. The van der Waals surface area contributed by atoms with E-state index in [-0.39, 0.29) is 12.2 Å². The highest BCUT2D eigenvalue weighted by molar-refractivity contribution is 5.85. The molecule has 1 saturated carbocycles. The van der Waals surface area contributed by atoms with Gasteiger partial charge in [-0.25, -0.2) is 0 Å². The van der Waals surface area contributed by atoms with Crippen molar-refractivity contribution in [3.63, 3.8) is 0 Å². The molecule has 1 amide bonds. The van der Waals surface area contributed by atoms with Crippen LogP contribution in [0, 0.1) is 11.8 Å². The van der Waals surface area contributed by atoms with Crippen LogP contribution in [-0.4, -0.2) is 29.1 Å². The maximum atomic E-state index is 12.8. The molecule has 0 aromatic carbocycles. The average molecular weight is 294 g/mol. The zero-order valence-electron chi connectivity index (χ0n) is 14.4. The molecule has 0 aromatic heterocycles. The van der Waals surface area contributed by atoms with Crippen LogP contribution in [0.15, 0.2) is 0 Å². The average Bonchev–Trinajstić information content (AvgIpc) is 2.78. The molecular formula is C18H34N2O. The molecule has 21 heavy (non-hydrogen) atoms. The van der Waals surface area contributed by atoms with Crippen LogP contribution in [0.2, 0.25) is 0 Å². The first-order valence-corrected chi connectivity index (χ1v) is 9.16. The molecule has 2 aliphatic rings. The summed E-state index contributed by atoms with van der Waals surface area (Å²) in [6, 6.07) is 0.522. The lowest BCUT2D eigenvalue weighted by Gasteiger charge is -2.37. The van der Waals surface area contributed by atoms with Crippen LogP contribution in [0.4, 0.5) is 0 Å². The van der Waals surface area contributed by atoms with E-state index in [9.17, 15) is 4.79 Å². The smallest absolute Gasteiger partial charge is 0.241 e. The molecule has 2 fully saturated rings. The normalized spacial score (nSPS) is 34.0. The van der Waals surface area contributed by atoms with E-state index in [0.717, 1.165) is 18.8 Å². The minimum absolute atomic E-state index is 0.0370. The van der Waals surface area contributed by atoms with Gasteiger partial charge < -0.3 is 4.90 Å². The minimum Gasteiger partial charge on any atom is -0.323 e. The summed E-state index contributed by atoms with van der Waals surface area (Å²) in [5, 5.41) is 3.60. The minimum atomic E-state index is 0.0370. The van der Waals surface area contributed by atoms with Crippen molar-refractivity contribution >= 4 is 5.91 Å². The summed E-state index contributed by atoms with van der Waals surface area (Å²) in [5.41, 5.74) is 0. The molecule has 0 bridgehead atoms. The molecule has 1 aliphatic heterocycles. The molecule has 2 unspecified atom stereocenters. The number of rotatable bonds is 6. The highest BCUT2D eigenvalue weighted by atomic mass is 16.2. The van der Waals surface area contributed by atoms with Crippen molar-refractivity contribution in [3.05, 3.63) is 0 Å². The van der Waals surface area contributed by atoms with Crippen LogP contribution in [0.5, 0.6) is 0 Å². The lowest BCUT2D eigenvalue weighted by Crippen LogP contribution is -2.46. The Bertz CT molecular complexity index is 334. The molecule has 2 atom stereocenters. The Kier molecular flexibility index (Phi) is 6.09. The zero-order valence-corrected chi connectivity index (χ0v) is 14.4. The summed E-state index contributed by atoms with van der Waals surface area (Å²) in [7, 11) is 0. The number of amides is 1. The van der Waals surface area contributed by atoms with Crippen molar-refractivity contribution in [2.24, 2.45) is 11.8 Å². The highest BCUT2D eigenvalue weighted by Gasteiger charge is 2.43. The fraction of sp³-hybridized carbons (Fsp3) is 0.944. The lowest BCUT2D eigenvalue weighted by atomic mass is 9.82. The van der Waals surface area contributed by atoms with Gasteiger partial charge in [0, 0.05) is 6.04 Å². The first kappa shape index (κ1) is 16.8. The lowest BCUT2D eigenvalue weighted by molar-refractivity contribution is -0.133. The predicted octanol–water partition coefficient (Wildman–Crippen LogP) is 3.93. The van der Waals surface area contributed by atoms with E-state index in [1.165, 1.54) is 38.5 Å². The molecule has 1 N–H and O–H groups in total. The van der Waals surface area contributed by atoms with Gasteiger partial charge >= 0.3 is 0 Å². The van der Waals surface area contributed by atoms with Gasteiger partial charge in [0.2, 0.25) is 5.91 Å². The Balaban J connectivity index is 2.00. The molecule has 0 aromatic rings. The third kappa shape index (κ3) is 3.80. The molecule has 1 heterocycles. The molecule has 2 rings (SSSR count). The van der Waals surface area contributed by atoms with Gasteiger partial charge in [0.1, 0.15) is 0 Å². The summed E-state index contributed by atoms with van der Waals surface area (Å²) in [6.07, 6.45) is 10.2. The monoisotopic (exact) mass is 294 g/mol. The van der Waals surface area contributed by atoms with Crippen LogP contribution in [0.1, 0.15) is 79.1 Å². The quantitative estimate of drug-likeness (QED) is 0.805. The predicted molar refractivity (Wildman–Crippen MR) is 88.0 cm³/mol. The number of nitrogens with one attached hydrogen (secondary N) is 1. The van der Waals surface area contributed by atoms with E-state index in [1.54, 1.807) is 0 Å².